The lowest BCUT2D eigenvalue weighted by Crippen LogP contribution is -2.46. The maximum Gasteiger partial charge on any atom is 0.335 e. The van der Waals surface area contributed by atoms with E-state index in [0.29, 0.717) is 17.8 Å². The number of nitrogens with two attached hydrogens (primary N) is 1. The number of phenolic OH excluding ortho intramolecular Hbond substituents is 1. The van der Waals surface area contributed by atoms with Gasteiger partial charge in [-0.3, -0.25) is 34.1 Å². The molecule has 5 rings (SSSR count). The summed E-state index contributed by atoms with van der Waals surface area (Å²) in [6.07, 6.45) is -0.198. The van der Waals surface area contributed by atoms with Crippen molar-refractivity contribution in [1.29, 1.82) is 0 Å². The van der Waals surface area contributed by atoms with Gasteiger partial charge in [0, 0.05) is 45.9 Å². The number of aromatic carboxylic acids is 1. The molecule has 9 N–H and O–H groups in total. The number of benzene rings is 5. The van der Waals surface area contributed by atoms with Crippen molar-refractivity contribution in [2.45, 2.75) is 59.3 Å². The first-order valence-corrected chi connectivity index (χ1v) is 20.8. The largest absolute Gasteiger partial charge is 0.504 e. The van der Waals surface area contributed by atoms with Crippen molar-refractivity contribution in [3.63, 3.8) is 0 Å². The molecule has 348 valence electrons. The number of nitrogens with one attached hydrogen (secondary N) is 5. The Kier molecular flexibility index (Phi) is 16.0. The highest BCUT2D eigenvalue weighted by molar-refractivity contribution is 6.10. The first kappa shape index (κ1) is 49.3. The molecule has 0 heterocycles. The molecule has 5 aromatic carbocycles. The quantitative estimate of drug-likeness (QED) is 0.0293. The van der Waals surface area contributed by atoms with E-state index in [4.69, 9.17) is 15.2 Å². The van der Waals surface area contributed by atoms with Gasteiger partial charge < -0.3 is 52.0 Å². The number of ether oxygens (including phenoxy) is 2. The molecule has 0 aliphatic rings. The number of hydrogen-bond donors (Lipinski definition) is 8. The Labute approximate surface area is 384 Å². The monoisotopic (exact) mass is 915 g/mol. The Balaban J connectivity index is 1.21. The SMILES string of the molecule is C=C(N)C(NC(=O)c1ccc(NC(=O)c2ccc([N+](=O)[O-])cc2)cc1)C(C)C(=O)Nc1ccc(C(=O)Nc2ccc(C(=O)Nc3ccc(C(=O)O)cc3OC(C)CC)c(O)c2OC(C)C)cc1. The number of non-ortho nitro benzene ring substituents is 1. The van der Waals surface area contributed by atoms with Crippen molar-refractivity contribution in [3.8, 4) is 17.2 Å². The van der Waals surface area contributed by atoms with E-state index < -0.39 is 64.2 Å². The van der Waals surface area contributed by atoms with Crippen molar-refractivity contribution in [2.75, 3.05) is 21.3 Å². The first-order valence-electron chi connectivity index (χ1n) is 20.8. The van der Waals surface area contributed by atoms with Gasteiger partial charge in [-0.05, 0) is 118 Å². The third kappa shape index (κ3) is 12.7. The fourth-order valence-corrected chi connectivity index (χ4v) is 6.27. The van der Waals surface area contributed by atoms with Gasteiger partial charge in [0.2, 0.25) is 5.91 Å². The summed E-state index contributed by atoms with van der Waals surface area (Å²) in [6, 6.07) is 22.4. The van der Waals surface area contributed by atoms with Crippen LogP contribution in [0.4, 0.5) is 28.4 Å². The second-order valence-electron chi connectivity index (χ2n) is 15.5. The van der Waals surface area contributed by atoms with Crippen molar-refractivity contribution >= 4 is 63.9 Å². The fraction of sp³-hybridized carbons (Fsp3) is 0.208. The maximum absolute atomic E-state index is 13.5. The summed E-state index contributed by atoms with van der Waals surface area (Å²) < 4.78 is 11.7. The number of hydrogen-bond acceptors (Lipinski definition) is 12. The molecule has 0 aliphatic heterocycles. The number of amides is 5. The van der Waals surface area contributed by atoms with Crippen LogP contribution in [0.25, 0.3) is 0 Å². The van der Waals surface area contributed by atoms with Crippen LogP contribution in [-0.4, -0.2) is 68.9 Å². The lowest BCUT2D eigenvalue weighted by Gasteiger charge is -2.24. The summed E-state index contributed by atoms with van der Waals surface area (Å²) >= 11 is 0. The number of rotatable bonds is 19. The van der Waals surface area contributed by atoms with Gasteiger partial charge in [0.15, 0.2) is 11.5 Å². The zero-order valence-corrected chi connectivity index (χ0v) is 37.0. The summed E-state index contributed by atoms with van der Waals surface area (Å²) in [5.41, 5.74) is 7.00. The van der Waals surface area contributed by atoms with Crippen LogP contribution >= 0.6 is 0 Å². The molecule has 0 aliphatic carbocycles. The number of nitro benzene ring substituents is 1. The van der Waals surface area contributed by atoms with Gasteiger partial charge in [0.05, 0.1) is 51.6 Å². The third-order valence-corrected chi connectivity index (χ3v) is 10.1. The van der Waals surface area contributed by atoms with E-state index in [1.54, 1.807) is 20.8 Å². The van der Waals surface area contributed by atoms with Gasteiger partial charge >= 0.3 is 5.97 Å². The maximum atomic E-state index is 13.5. The molecule has 0 fully saturated rings. The molecule has 3 atom stereocenters. The smallest absolute Gasteiger partial charge is 0.335 e. The molecular weight excluding hydrogens is 867 g/mol. The molecule has 0 aromatic heterocycles. The van der Waals surface area contributed by atoms with E-state index in [1.165, 1.54) is 110 Å². The minimum atomic E-state index is -1.18. The molecule has 0 saturated carbocycles. The number of carboxylic acids is 1. The number of nitro groups is 1. The summed E-state index contributed by atoms with van der Waals surface area (Å²) in [5, 5.41) is 45.1. The standard InChI is InChI=1S/C48H49N7O12/c1-7-26(4)67-39-24-32(48(62)63)14-22-37(39)52-47(61)36-21-23-38(42(41(36)56)66-25(2)3)53-45(59)29-8-15-33(16-9-29)50-43(57)27(5)40(28(6)49)54-46(60)30-10-17-34(18-11-30)51-44(58)31-12-19-35(20-13-31)55(64)65/h8-27,40,56H,6-7,49H2,1-5H3,(H,50,57)(H,51,58)(H,52,61)(H,53,59)(H,54,60)(H,62,63). The molecule has 5 amide bonds. The second-order valence-corrected chi connectivity index (χ2v) is 15.5. The van der Waals surface area contributed by atoms with E-state index in [2.05, 4.69) is 33.2 Å². The normalized spacial score (nSPS) is 12.1. The number of carbonyl (C=O) groups excluding carboxylic acids is 5. The summed E-state index contributed by atoms with van der Waals surface area (Å²) in [4.78, 5) is 88.1. The van der Waals surface area contributed by atoms with E-state index in [-0.39, 0.29) is 68.2 Å². The Morgan fingerprint density at radius 3 is 1.73 bits per heavy atom. The molecule has 5 aromatic rings. The van der Waals surface area contributed by atoms with Crippen molar-refractivity contribution in [3.05, 3.63) is 153 Å². The van der Waals surface area contributed by atoms with Crippen LogP contribution in [0.15, 0.2) is 115 Å². The lowest BCUT2D eigenvalue weighted by atomic mass is 9.97. The Morgan fingerprint density at radius 1 is 0.687 bits per heavy atom. The number of phenols is 1. The minimum absolute atomic E-state index is 0.00333. The molecule has 67 heavy (non-hydrogen) atoms. The third-order valence-electron chi connectivity index (χ3n) is 10.1. The number of carboxylic acid groups (broad SMARTS) is 1. The van der Waals surface area contributed by atoms with Crippen LogP contribution in [0.3, 0.4) is 0 Å². The number of carbonyl (C=O) groups is 6. The van der Waals surface area contributed by atoms with Gasteiger partial charge in [-0.2, -0.15) is 0 Å². The van der Waals surface area contributed by atoms with Crippen molar-refractivity contribution in [2.24, 2.45) is 11.7 Å². The number of anilines is 4. The average molecular weight is 916 g/mol. The van der Waals surface area contributed by atoms with Gasteiger partial charge in [-0.1, -0.05) is 20.4 Å². The predicted octanol–water partition coefficient (Wildman–Crippen LogP) is 7.57. The summed E-state index contributed by atoms with van der Waals surface area (Å²) in [6.45, 7) is 12.3. The molecule has 0 radical (unpaired) electrons. The van der Waals surface area contributed by atoms with Crippen LogP contribution in [0.2, 0.25) is 0 Å². The van der Waals surface area contributed by atoms with Crippen molar-refractivity contribution in [1.82, 2.24) is 5.32 Å². The fourth-order valence-electron chi connectivity index (χ4n) is 6.27. The zero-order chi connectivity index (χ0) is 49.1. The average Bonchev–Trinajstić information content (AvgIpc) is 3.29. The molecule has 19 heteroatoms. The van der Waals surface area contributed by atoms with Crippen LogP contribution < -0.4 is 41.8 Å². The Morgan fingerprint density at radius 2 is 1.19 bits per heavy atom. The minimum Gasteiger partial charge on any atom is -0.504 e. The molecular formula is C48H49N7O12. The van der Waals surface area contributed by atoms with Crippen LogP contribution in [0, 0.1) is 16.0 Å². The van der Waals surface area contributed by atoms with E-state index in [9.17, 15) is 49.1 Å². The van der Waals surface area contributed by atoms with Crippen LogP contribution in [0.5, 0.6) is 17.2 Å². The second kappa shape index (κ2) is 21.8. The summed E-state index contributed by atoms with van der Waals surface area (Å²) in [5.74, 6) is -5.77. The highest BCUT2D eigenvalue weighted by atomic mass is 16.6. The van der Waals surface area contributed by atoms with E-state index in [1.807, 2.05) is 6.92 Å². The van der Waals surface area contributed by atoms with Crippen molar-refractivity contribution < 1.29 is 53.4 Å². The Bertz CT molecular complexity index is 2700. The highest BCUT2D eigenvalue weighted by Crippen LogP contribution is 2.40. The van der Waals surface area contributed by atoms with Crippen LogP contribution in [0.1, 0.15) is 92.8 Å². The van der Waals surface area contributed by atoms with E-state index in [0.717, 1.165) is 0 Å². The van der Waals surface area contributed by atoms with Gasteiger partial charge in [0.25, 0.3) is 29.3 Å². The zero-order valence-electron chi connectivity index (χ0n) is 37.0. The molecule has 0 spiro atoms. The summed E-state index contributed by atoms with van der Waals surface area (Å²) in [7, 11) is 0. The van der Waals surface area contributed by atoms with E-state index >= 15 is 0 Å². The van der Waals surface area contributed by atoms with Gasteiger partial charge in [0.1, 0.15) is 5.75 Å². The highest BCUT2D eigenvalue weighted by Gasteiger charge is 2.28. The van der Waals surface area contributed by atoms with Gasteiger partial charge in [-0.15, -0.1) is 0 Å². The number of nitrogens with zero attached hydrogens (tertiary/aromatic N) is 1. The molecule has 0 saturated heterocycles. The lowest BCUT2D eigenvalue weighted by molar-refractivity contribution is -0.384. The Hall–Kier alpha value is -8.74. The number of aromatic hydroxyl groups is 1. The predicted molar refractivity (Wildman–Crippen MR) is 250 cm³/mol. The molecule has 3 unspecified atom stereocenters. The first-order chi connectivity index (χ1) is 31.8. The molecule has 0 bridgehead atoms. The van der Waals surface area contributed by atoms with Crippen LogP contribution in [-0.2, 0) is 4.79 Å². The van der Waals surface area contributed by atoms with Gasteiger partial charge in [-0.25, -0.2) is 4.79 Å². The topological polar surface area (TPSA) is 291 Å². The molecule has 19 nitrogen and oxygen atoms in total.